The average Bonchev–Trinajstić information content (AvgIpc) is 2.91. The summed E-state index contributed by atoms with van der Waals surface area (Å²) in [5, 5.41) is 4.12. The van der Waals surface area contributed by atoms with Crippen molar-refractivity contribution in [1.29, 1.82) is 0 Å². The van der Waals surface area contributed by atoms with E-state index in [0.29, 0.717) is 30.3 Å². The first kappa shape index (κ1) is 20.7. The third-order valence-electron chi connectivity index (χ3n) is 5.51. The molecule has 0 aliphatic carbocycles. The number of carbonyl (C=O) groups excluding carboxylic acids is 1. The molecule has 1 N–H and O–H groups in total. The maximum atomic E-state index is 12.5. The number of para-hydroxylation sites is 2. The molecule has 2 aromatic rings. The molecule has 0 amide bonds. The zero-order valence-corrected chi connectivity index (χ0v) is 18.0. The molecule has 158 valence electrons. The number of piperazine rings is 1. The van der Waals surface area contributed by atoms with Crippen molar-refractivity contribution in [2.75, 3.05) is 26.2 Å². The Bertz CT molecular complexity index is 962. The van der Waals surface area contributed by atoms with Gasteiger partial charge in [-0.25, -0.2) is 4.99 Å². The molecule has 1 unspecified atom stereocenters. The van der Waals surface area contributed by atoms with Gasteiger partial charge < -0.3 is 19.7 Å². The second-order valence-electron chi connectivity index (χ2n) is 7.42. The quantitative estimate of drug-likeness (QED) is 0.733. The van der Waals surface area contributed by atoms with Crippen LogP contribution < -0.4 is 10.1 Å². The maximum Gasteiger partial charge on any atom is 0.310 e. The Morgan fingerprint density at radius 1 is 1.30 bits per heavy atom. The first-order valence-electron chi connectivity index (χ1n) is 10.4. The van der Waals surface area contributed by atoms with Crippen molar-refractivity contribution in [2.24, 2.45) is 10.9 Å². The van der Waals surface area contributed by atoms with E-state index < -0.39 is 0 Å². The van der Waals surface area contributed by atoms with Gasteiger partial charge in [-0.15, -0.1) is 0 Å². The lowest BCUT2D eigenvalue weighted by atomic mass is 9.94. The Kier molecular flexibility index (Phi) is 6.25. The highest BCUT2D eigenvalue weighted by molar-refractivity contribution is 6.31. The number of amidine groups is 1. The molecular weight excluding hydrogens is 402 g/mol. The lowest BCUT2D eigenvalue weighted by molar-refractivity contribution is -0.149. The molecule has 2 heterocycles. The van der Waals surface area contributed by atoms with Crippen LogP contribution in [0, 0.1) is 5.92 Å². The molecule has 2 aliphatic heterocycles. The first-order valence-corrected chi connectivity index (χ1v) is 10.8. The largest absolute Gasteiger partial charge is 0.466 e. The number of ether oxygens (including phenoxy) is 2. The summed E-state index contributed by atoms with van der Waals surface area (Å²) >= 11 is 6.32. The van der Waals surface area contributed by atoms with E-state index in [4.69, 9.17) is 26.1 Å². The molecule has 2 atom stereocenters. The molecular formula is C23H26ClN3O3. The van der Waals surface area contributed by atoms with Crippen molar-refractivity contribution in [3.05, 3.63) is 53.1 Å². The minimum absolute atomic E-state index is 0.0208. The van der Waals surface area contributed by atoms with E-state index in [-0.39, 0.29) is 17.9 Å². The van der Waals surface area contributed by atoms with Gasteiger partial charge in [0.15, 0.2) is 5.75 Å². The normalized spacial score (nSPS) is 19.0. The molecule has 0 bridgehead atoms. The van der Waals surface area contributed by atoms with Crippen LogP contribution in [0.2, 0.25) is 5.02 Å². The van der Waals surface area contributed by atoms with Crippen molar-refractivity contribution >= 4 is 29.1 Å². The number of nitrogens with zero attached hydrogens (tertiary/aromatic N) is 2. The van der Waals surface area contributed by atoms with Crippen LogP contribution in [0.4, 0.5) is 5.69 Å². The highest BCUT2D eigenvalue weighted by atomic mass is 35.5. The van der Waals surface area contributed by atoms with Gasteiger partial charge in [0.05, 0.1) is 18.1 Å². The van der Waals surface area contributed by atoms with Gasteiger partial charge in [-0.05, 0) is 43.7 Å². The van der Waals surface area contributed by atoms with Crippen LogP contribution in [0.25, 0.3) is 0 Å². The smallest absolute Gasteiger partial charge is 0.310 e. The van der Waals surface area contributed by atoms with Crippen molar-refractivity contribution in [2.45, 2.75) is 26.3 Å². The summed E-state index contributed by atoms with van der Waals surface area (Å²) in [7, 11) is 0. The summed E-state index contributed by atoms with van der Waals surface area (Å²) in [6.45, 7) is 6.40. The molecule has 0 aromatic heterocycles. The average molecular weight is 428 g/mol. The van der Waals surface area contributed by atoms with Gasteiger partial charge in [-0.2, -0.15) is 0 Å². The zero-order chi connectivity index (χ0) is 21.1. The molecule has 0 saturated carbocycles. The Morgan fingerprint density at radius 2 is 2.13 bits per heavy atom. The second-order valence-corrected chi connectivity index (χ2v) is 7.86. The Morgan fingerprint density at radius 3 is 2.93 bits per heavy atom. The minimum Gasteiger partial charge on any atom is -0.466 e. The summed E-state index contributed by atoms with van der Waals surface area (Å²) < 4.78 is 11.5. The van der Waals surface area contributed by atoms with Gasteiger partial charge in [0.2, 0.25) is 0 Å². The first-order chi connectivity index (χ1) is 14.6. The highest BCUT2D eigenvalue weighted by Gasteiger charge is 2.34. The number of carbonyl (C=O) groups is 1. The number of aliphatic imine (C=N–C) groups is 1. The molecule has 30 heavy (non-hydrogen) atoms. The van der Waals surface area contributed by atoms with E-state index in [1.807, 2.05) is 56.3 Å². The monoisotopic (exact) mass is 427 g/mol. The Labute approximate surface area is 181 Å². The summed E-state index contributed by atoms with van der Waals surface area (Å²) in [6, 6.07) is 13.3. The van der Waals surface area contributed by atoms with Crippen LogP contribution in [0.15, 0.2) is 47.5 Å². The molecule has 0 spiro atoms. The van der Waals surface area contributed by atoms with E-state index in [0.717, 1.165) is 35.9 Å². The predicted octanol–water partition coefficient (Wildman–Crippen LogP) is 4.39. The summed E-state index contributed by atoms with van der Waals surface area (Å²) in [5.74, 6) is 1.87. The van der Waals surface area contributed by atoms with Gasteiger partial charge in [0.1, 0.15) is 17.3 Å². The van der Waals surface area contributed by atoms with Crippen LogP contribution >= 0.6 is 11.6 Å². The highest BCUT2D eigenvalue weighted by Crippen LogP contribution is 2.39. The fraction of sp³-hybridized carbons (Fsp3) is 0.391. The fourth-order valence-corrected chi connectivity index (χ4v) is 4.21. The number of hydrogen-bond donors (Lipinski definition) is 1. The molecule has 2 aliphatic rings. The topological polar surface area (TPSA) is 63.2 Å². The summed E-state index contributed by atoms with van der Waals surface area (Å²) in [6.07, 6.45) is 0.713. The zero-order valence-electron chi connectivity index (χ0n) is 17.2. The molecule has 6 nitrogen and oxygen atoms in total. The van der Waals surface area contributed by atoms with Crippen LogP contribution in [-0.2, 0) is 9.53 Å². The van der Waals surface area contributed by atoms with E-state index >= 15 is 0 Å². The summed E-state index contributed by atoms with van der Waals surface area (Å²) in [5.41, 5.74) is 1.62. The minimum atomic E-state index is -0.207. The number of halogens is 1. The van der Waals surface area contributed by atoms with Gasteiger partial charge in [-0.1, -0.05) is 30.7 Å². The maximum absolute atomic E-state index is 12.5. The third-order valence-corrected chi connectivity index (χ3v) is 5.75. The second kappa shape index (κ2) is 9.06. The number of rotatable bonds is 4. The van der Waals surface area contributed by atoms with Gasteiger partial charge in [0, 0.05) is 30.7 Å². The lowest BCUT2D eigenvalue weighted by Gasteiger charge is -2.38. The van der Waals surface area contributed by atoms with Gasteiger partial charge in [-0.3, -0.25) is 4.79 Å². The Balaban J connectivity index is 1.70. The fourth-order valence-electron chi connectivity index (χ4n) is 4.04. The van der Waals surface area contributed by atoms with Crippen LogP contribution in [0.5, 0.6) is 11.5 Å². The van der Waals surface area contributed by atoms with Crippen LogP contribution in [0.3, 0.4) is 0 Å². The molecule has 1 fully saturated rings. The van der Waals surface area contributed by atoms with Crippen molar-refractivity contribution < 1.29 is 14.3 Å². The molecule has 1 saturated heterocycles. The van der Waals surface area contributed by atoms with E-state index in [2.05, 4.69) is 10.2 Å². The van der Waals surface area contributed by atoms with E-state index in [9.17, 15) is 4.79 Å². The Hall–Kier alpha value is -2.57. The van der Waals surface area contributed by atoms with Crippen LogP contribution in [-0.4, -0.2) is 49.0 Å². The number of fused-ring (bicyclic) bond motifs is 2. The molecule has 7 heteroatoms. The van der Waals surface area contributed by atoms with E-state index in [1.165, 1.54) is 0 Å². The molecule has 2 aromatic carbocycles. The third kappa shape index (κ3) is 4.16. The molecule has 0 radical (unpaired) electrons. The standard InChI is InChI=1S/C23H26ClN3O3/c1-3-16(23(28)29-4-2)19-14-27(12-11-25-19)22-17-13-15(24)9-10-20(17)30-21-8-6-5-7-18(21)26-22/h5-10,13,16,19,25H,3-4,11-12,14H2,1-2H3/t16-,19?/m1/s1. The predicted molar refractivity (Wildman–Crippen MR) is 118 cm³/mol. The van der Waals surface area contributed by atoms with Gasteiger partial charge in [0.25, 0.3) is 0 Å². The number of nitrogens with one attached hydrogen (secondary N) is 1. The van der Waals surface area contributed by atoms with Gasteiger partial charge >= 0.3 is 5.97 Å². The van der Waals surface area contributed by atoms with Crippen molar-refractivity contribution in [1.82, 2.24) is 10.2 Å². The lowest BCUT2D eigenvalue weighted by Crippen LogP contribution is -2.56. The number of benzene rings is 2. The van der Waals surface area contributed by atoms with Crippen molar-refractivity contribution in [3.63, 3.8) is 0 Å². The van der Waals surface area contributed by atoms with Crippen molar-refractivity contribution in [3.8, 4) is 11.5 Å². The number of hydrogen-bond acceptors (Lipinski definition) is 6. The SMILES string of the molecule is CCOC(=O)[C@H](CC)C1CN(C2=Nc3ccccc3Oc3ccc(Cl)cc32)CCN1. The number of esters is 1. The van der Waals surface area contributed by atoms with Crippen LogP contribution in [0.1, 0.15) is 25.8 Å². The molecule has 4 rings (SSSR count). The van der Waals surface area contributed by atoms with E-state index in [1.54, 1.807) is 0 Å². The summed E-state index contributed by atoms with van der Waals surface area (Å²) in [4.78, 5) is 19.6.